The summed E-state index contributed by atoms with van der Waals surface area (Å²) in [5.41, 5.74) is 3.28. The second-order valence-electron chi connectivity index (χ2n) is 8.00. The van der Waals surface area contributed by atoms with Gasteiger partial charge in [-0.25, -0.2) is 4.98 Å². The standard InChI is InChI=1S/C23H24N6O2/c1-15-10-16(11-24)4-6-19(15)20-13-26-29(23(20)31)21-7-5-17(12-25-21)22(30)28-9-8-18(14-28)27(2)3/h4-7,10,12-13,18,31H,8-9,14H2,1-3H3. The Morgan fingerprint density at radius 1 is 1.23 bits per heavy atom. The lowest BCUT2D eigenvalue weighted by atomic mass is 10.0. The number of amides is 1. The Morgan fingerprint density at radius 2 is 2.03 bits per heavy atom. The number of rotatable bonds is 4. The molecule has 1 aromatic carbocycles. The molecule has 2 aromatic heterocycles. The maximum Gasteiger partial charge on any atom is 0.255 e. The molecule has 1 aliphatic heterocycles. The molecule has 1 fully saturated rings. The summed E-state index contributed by atoms with van der Waals surface area (Å²) in [6.45, 7) is 3.32. The summed E-state index contributed by atoms with van der Waals surface area (Å²) in [5, 5.41) is 24.0. The average Bonchev–Trinajstić information content (AvgIpc) is 3.41. The van der Waals surface area contributed by atoms with Crippen molar-refractivity contribution >= 4 is 5.91 Å². The van der Waals surface area contributed by atoms with Gasteiger partial charge in [0.2, 0.25) is 5.88 Å². The van der Waals surface area contributed by atoms with Gasteiger partial charge in [0.25, 0.3) is 5.91 Å². The molecule has 3 heterocycles. The Hall–Kier alpha value is -3.70. The van der Waals surface area contributed by atoms with Gasteiger partial charge in [0.1, 0.15) is 0 Å². The molecule has 0 aliphatic carbocycles. The number of aromatic nitrogens is 3. The summed E-state index contributed by atoms with van der Waals surface area (Å²) in [6.07, 6.45) is 4.05. The number of carbonyl (C=O) groups excluding carboxylic acids is 1. The van der Waals surface area contributed by atoms with Gasteiger partial charge in [-0.3, -0.25) is 4.79 Å². The van der Waals surface area contributed by atoms with Gasteiger partial charge in [0.15, 0.2) is 5.82 Å². The van der Waals surface area contributed by atoms with Gasteiger partial charge in [0.05, 0.1) is 29.0 Å². The van der Waals surface area contributed by atoms with Crippen LogP contribution in [0.25, 0.3) is 16.9 Å². The third-order valence-corrected chi connectivity index (χ3v) is 5.78. The number of likely N-dealkylation sites (N-methyl/N-ethyl adjacent to an activating group) is 1. The van der Waals surface area contributed by atoms with Gasteiger partial charge in [0, 0.05) is 25.3 Å². The first-order valence-corrected chi connectivity index (χ1v) is 10.1. The number of benzene rings is 1. The molecule has 4 rings (SSSR count). The molecule has 1 amide bonds. The van der Waals surface area contributed by atoms with E-state index >= 15 is 0 Å². The van der Waals surface area contributed by atoms with E-state index in [1.165, 1.54) is 10.9 Å². The lowest BCUT2D eigenvalue weighted by molar-refractivity contribution is 0.0782. The summed E-state index contributed by atoms with van der Waals surface area (Å²) in [6, 6.07) is 11.1. The molecule has 1 N–H and O–H groups in total. The number of carbonyl (C=O) groups is 1. The van der Waals surface area contributed by atoms with Crippen LogP contribution in [0.3, 0.4) is 0 Å². The molecule has 1 unspecified atom stereocenters. The molecule has 0 saturated carbocycles. The average molecular weight is 416 g/mol. The largest absolute Gasteiger partial charge is 0.493 e. The molecule has 31 heavy (non-hydrogen) atoms. The normalized spacial score (nSPS) is 16.0. The number of aromatic hydroxyl groups is 1. The number of likely N-dealkylation sites (tertiary alicyclic amines) is 1. The number of aryl methyl sites for hydroxylation is 1. The Morgan fingerprint density at radius 3 is 2.65 bits per heavy atom. The zero-order valence-corrected chi connectivity index (χ0v) is 17.8. The summed E-state index contributed by atoms with van der Waals surface area (Å²) in [5.74, 6) is 0.328. The van der Waals surface area contributed by atoms with Crippen LogP contribution >= 0.6 is 0 Å². The fourth-order valence-corrected chi connectivity index (χ4v) is 3.90. The highest BCUT2D eigenvalue weighted by Gasteiger charge is 2.28. The van der Waals surface area contributed by atoms with Crippen molar-refractivity contribution in [3.63, 3.8) is 0 Å². The number of hydrogen-bond donors (Lipinski definition) is 1. The van der Waals surface area contributed by atoms with Crippen LogP contribution < -0.4 is 0 Å². The van der Waals surface area contributed by atoms with Crippen LogP contribution in [0.4, 0.5) is 0 Å². The molecule has 0 radical (unpaired) electrons. The van der Waals surface area contributed by atoms with Crippen LogP contribution in [0, 0.1) is 18.3 Å². The molecule has 0 spiro atoms. The second kappa shape index (κ2) is 8.20. The van der Waals surface area contributed by atoms with Gasteiger partial charge in [-0.15, -0.1) is 0 Å². The van der Waals surface area contributed by atoms with Crippen LogP contribution in [0.5, 0.6) is 5.88 Å². The molecule has 0 bridgehead atoms. The molecule has 158 valence electrons. The quantitative estimate of drug-likeness (QED) is 0.702. The molecule has 8 heteroatoms. The highest BCUT2D eigenvalue weighted by molar-refractivity contribution is 5.94. The lowest BCUT2D eigenvalue weighted by Crippen LogP contribution is -2.34. The maximum atomic E-state index is 12.8. The topological polar surface area (TPSA) is 98.3 Å². The first-order valence-electron chi connectivity index (χ1n) is 10.1. The molecule has 1 saturated heterocycles. The van der Waals surface area contributed by atoms with Gasteiger partial charge in [-0.05, 0) is 62.8 Å². The van der Waals surface area contributed by atoms with Crippen LogP contribution in [0.15, 0.2) is 42.7 Å². The summed E-state index contributed by atoms with van der Waals surface area (Å²) < 4.78 is 1.33. The molecule has 1 atom stereocenters. The van der Waals surface area contributed by atoms with E-state index in [-0.39, 0.29) is 11.8 Å². The van der Waals surface area contributed by atoms with Crippen LogP contribution in [0.1, 0.15) is 27.9 Å². The van der Waals surface area contributed by atoms with E-state index in [1.807, 2.05) is 25.9 Å². The minimum absolute atomic E-state index is 0.0398. The minimum Gasteiger partial charge on any atom is -0.493 e. The number of nitriles is 1. The van der Waals surface area contributed by atoms with Gasteiger partial charge in [-0.1, -0.05) is 6.07 Å². The fourth-order valence-electron chi connectivity index (χ4n) is 3.90. The van der Waals surface area contributed by atoms with Crippen molar-refractivity contribution in [3.05, 3.63) is 59.4 Å². The Labute approximate surface area is 181 Å². The first-order chi connectivity index (χ1) is 14.9. The Bertz CT molecular complexity index is 1160. The van der Waals surface area contributed by atoms with Crippen LogP contribution in [-0.4, -0.2) is 68.8 Å². The van der Waals surface area contributed by atoms with Crippen LogP contribution in [0.2, 0.25) is 0 Å². The third-order valence-electron chi connectivity index (χ3n) is 5.78. The zero-order valence-electron chi connectivity index (χ0n) is 17.8. The molecule has 1 aliphatic rings. The third kappa shape index (κ3) is 3.88. The Balaban J connectivity index is 1.55. The van der Waals surface area contributed by atoms with Crippen molar-refractivity contribution in [1.82, 2.24) is 24.6 Å². The summed E-state index contributed by atoms with van der Waals surface area (Å²) >= 11 is 0. The lowest BCUT2D eigenvalue weighted by Gasteiger charge is -2.20. The molecule has 8 nitrogen and oxygen atoms in total. The smallest absolute Gasteiger partial charge is 0.255 e. The predicted molar refractivity (Wildman–Crippen MR) is 116 cm³/mol. The second-order valence-corrected chi connectivity index (χ2v) is 8.00. The predicted octanol–water partition coefficient (Wildman–Crippen LogP) is 2.60. The van der Waals surface area contributed by atoms with Crippen molar-refractivity contribution in [1.29, 1.82) is 5.26 Å². The minimum atomic E-state index is -0.0484. The Kier molecular flexibility index (Phi) is 5.44. The number of nitrogens with zero attached hydrogens (tertiary/aromatic N) is 6. The van der Waals surface area contributed by atoms with Gasteiger partial charge < -0.3 is 14.9 Å². The van der Waals surface area contributed by atoms with Crippen molar-refractivity contribution in [2.24, 2.45) is 0 Å². The van der Waals surface area contributed by atoms with E-state index in [1.54, 1.807) is 36.5 Å². The van der Waals surface area contributed by atoms with Crippen LogP contribution in [-0.2, 0) is 0 Å². The SMILES string of the molecule is Cc1cc(C#N)ccc1-c1cnn(-c2ccc(C(=O)N3CCC(N(C)C)C3)cn2)c1O. The van der Waals surface area contributed by atoms with E-state index < -0.39 is 0 Å². The van der Waals surface area contributed by atoms with E-state index in [9.17, 15) is 9.90 Å². The maximum absolute atomic E-state index is 12.8. The van der Waals surface area contributed by atoms with Gasteiger partial charge in [-0.2, -0.15) is 15.0 Å². The van der Waals surface area contributed by atoms with Crippen molar-refractivity contribution in [3.8, 4) is 28.9 Å². The molecular weight excluding hydrogens is 392 g/mol. The van der Waals surface area contributed by atoms with E-state index in [0.29, 0.717) is 35.1 Å². The fraction of sp³-hybridized carbons (Fsp3) is 0.304. The van der Waals surface area contributed by atoms with E-state index in [0.717, 1.165) is 24.1 Å². The van der Waals surface area contributed by atoms with Gasteiger partial charge >= 0.3 is 0 Å². The number of pyridine rings is 1. The highest BCUT2D eigenvalue weighted by atomic mass is 16.3. The highest BCUT2D eigenvalue weighted by Crippen LogP contribution is 2.33. The zero-order chi connectivity index (χ0) is 22.1. The van der Waals surface area contributed by atoms with E-state index in [2.05, 4.69) is 21.1 Å². The number of hydrogen-bond acceptors (Lipinski definition) is 6. The van der Waals surface area contributed by atoms with Crippen molar-refractivity contribution in [2.75, 3.05) is 27.2 Å². The molecular formula is C23H24N6O2. The summed E-state index contributed by atoms with van der Waals surface area (Å²) in [4.78, 5) is 21.1. The van der Waals surface area contributed by atoms with E-state index in [4.69, 9.17) is 5.26 Å². The first kappa shape index (κ1) is 20.6. The monoisotopic (exact) mass is 416 g/mol. The summed E-state index contributed by atoms with van der Waals surface area (Å²) in [7, 11) is 4.05. The van der Waals surface area contributed by atoms with Crippen molar-refractivity contribution in [2.45, 2.75) is 19.4 Å². The molecule has 3 aromatic rings. The van der Waals surface area contributed by atoms with Crippen molar-refractivity contribution < 1.29 is 9.90 Å².